The number of aliphatic hydroxyl groups excluding tert-OH is 1. The van der Waals surface area contributed by atoms with Crippen molar-refractivity contribution in [2.45, 2.75) is 0 Å². The van der Waals surface area contributed by atoms with E-state index in [1.54, 1.807) is 6.07 Å². The van der Waals surface area contributed by atoms with Crippen LogP contribution < -0.4 is 0 Å². The van der Waals surface area contributed by atoms with Crippen molar-refractivity contribution in [1.82, 2.24) is 0 Å². The molecule has 10 heavy (non-hydrogen) atoms. The van der Waals surface area contributed by atoms with Crippen LogP contribution in [0.4, 0.5) is 0 Å². The fourth-order valence-corrected chi connectivity index (χ4v) is 0.613. The van der Waals surface area contributed by atoms with E-state index in [-0.39, 0.29) is 6.61 Å². The molecule has 0 aromatic heterocycles. The van der Waals surface area contributed by atoms with Gasteiger partial charge in [0.05, 0.1) is 0 Å². The van der Waals surface area contributed by atoms with Gasteiger partial charge in [0.1, 0.15) is 6.61 Å². The Labute approximate surface area is 60.3 Å². The van der Waals surface area contributed by atoms with E-state index >= 15 is 0 Å². The summed E-state index contributed by atoms with van der Waals surface area (Å²) in [5.41, 5.74) is 0.886. The van der Waals surface area contributed by atoms with Crippen LogP contribution in [-0.2, 0) is 0 Å². The summed E-state index contributed by atoms with van der Waals surface area (Å²) in [6, 6.07) is 10.2. The van der Waals surface area contributed by atoms with Gasteiger partial charge in [-0.15, -0.1) is 0 Å². The Bertz CT molecular complexity index is 240. The zero-order valence-electron chi connectivity index (χ0n) is 5.46. The lowest BCUT2D eigenvalue weighted by molar-refractivity contribution is 0.350. The van der Waals surface area contributed by atoms with Crippen molar-refractivity contribution >= 4 is 0 Å². The maximum atomic E-state index is 8.34. The van der Waals surface area contributed by atoms with E-state index in [2.05, 4.69) is 17.9 Å². The maximum Gasteiger partial charge on any atom is 0.104 e. The third-order valence-electron chi connectivity index (χ3n) is 1.02. The summed E-state index contributed by atoms with van der Waals surface area (Å²) < 4.78 is 0. The van der Waals surface area contributed by atoms with Crippen molar-refractivity contribution in [3.8, 4) is 11.8 Å². The van der Waals surface area contributed by atoms with Gasteiger partial charge in [0.25, 0.3) is 0 Å². The summed E-state index contributed by atoms with van der Waals surface area (Å²) in [4.78, 5) is 0. The minimum atomic E-state index is -0.0884. The van der Waals surface area contributed by atoms with Gasteiger partial charge in [-0.3, -0.25) is 0 Å². The van der Waals surface area contributed by atoms with E-state index in [1.165, 1.54) is 0 Å². The molecule has 0 atom stereocenters. The molecule has 0 bridgehead atoms. The zero-order valence-corrected chi connectivity index (χ0v) is 5.46. The highest BCUT2D eigenvalue weighted by molar-refractivity contribution is 5.33. The predicted molar refractivity (Wildman–Crippen MR) is 39.2 cm³/mol. The molecule has 0 aliphatic carbocycles. The van der Waals surface area contributed by atoms with E-state index in [0.717, 1.165) is 5.56 Å². The molecular weight excluding hydrogens is 124 g/mol. The second-order valence-corrected chi connectivity index (χ2v) is 1.75. The Morgan fingerprint density at radius 1 is 1.60 bits per heavy atom. The number of hydrogen-bond donors (Lipinski definition) is 1. The molecule has 1 radical (unpaired) electrons. The van der Waals surface area contributed by atoms with E-state index in [0.29, 0.717) is 0 Å². The Balaban J connectivity index is 2.76. The minimum Gasteiger partial charge on any atom is -0.384 e. The van der Waals surface area contributed by atoms with Gasteiger partial charge in [-0.1, -0.05) is 24.0 Å². The van der Waals surface area contributed by atoms with Crippen LogP contribution >= 0.6 is 0 Å². The fraction of sp³-hybridized carbons (Fsp3) is 0.111. The molecule has 0 aliphatic heterocycles. The molecule has 0 heterocycles. The fourth-order valence-electron chi connectivity index (χ4n) is 0.613. The van der Waals surface area contributed by atoms with Gasteiger partial charge < -0.3 is 5.11 Å². The Hall–Kier alpha value is -1.26. The molecule has 1 aromatic rings. The second kappa shape index (κ2) is 3.71. The van der Waals surface area contributed by atoms with Gasteiger partial charge >= 0.3 is 0 Å². The second-order valence-electron chi connectivity index (χ2n) is 1.75. The average molecular weight is 131 g/mol. The highest BCUT2D eigenvalue weighted by Gasteiger charge is 1.79. The number of benzene rings is 1. The van der Waals surface area contributed by atoms with E-state index in [9.17, 15) is 0 Å². The summed E-state index contributed by atoms with van der Waals surface area (Å²) in [7, 11) is 0. The zero-order chi connectivity index (χ0) is 7.23. The van der Waals surface area contributed by atoms with Gasteiger partial charge in [0.15, 0.2) is 0 Å². The highest BCUT2D eigenvalue weighted by atomic mass is 16.2. The van der Waals surface area contributed by atoms with Crippen LogP contribution in [0.25, 0.3) is 0 Å². The maximum absolute atomic E-state index is 8.34. The topological polar surface area (TPSA) is 20.2 Å². The number of rotatable bonds is 0. The van der Waals surface area contributed by atoms with Gasteiger partial charge in [0, 0.05) is 5.56 Å². The molecule has 0 unspecified atom stereocenters. The molecule has 1 aromatic carbocycles. The first-order valence-electron chi connectivity index (χ1n) is 2.99. The van der Waals surface area contributed by atoms with Crippen LogP contribution in [0.5, 0.6) is 0 Å². The lowest BCUT2D eigenvalue weighted by Gasteiger charge is -1.83. The monoisotopic (exact) mass is 131 g/mol. The number of hydrogen-bond acceptors (Lipinski definition) is 1. The van der Waals surface area contributed by atoms with Crippen molar-refractivity contribution in [1.29, 1.82) is 0 Å². The molecule has 1 N–H and O–H groups in total. The van der Waals surface area contributed by atoms with Gasteiger partial charge in [0.2, 0.25) is 0 Å². The molecule has 0 amide bonds. The summed E-state index contributed by atoms with van der Waals surface area (Å²) >= 11 is 0. The highest BCUT2D eigenvalue weighted by Crippen LogP contribution is 1.93. The van der Waals surface area contributed by atoms with Crippen molar-refractivity contribution in [2.75, 3.05) is 6.61 Å². The molecule has 0 aliphatic rings. The summed E-state index contributed by atoms with van der Waals surface area (Å²) in [6.07, 6.45) is 0. The summed E-state index contributed by atoms with van der Waals surface area (Å²) in [5, 5.41) is 8.34. The quantitative estimate of drug-likeness (QED) is 0.517. The normalized spacial score (nSPS) is 8.10. The lowest BCUT2D eigenvalue weighted by Crippen LogP contribution is -1.74. The van der Waals surface area contributed by atoms with Crippen LogP contribution in [-0.4, -0.2) is 11.7 Å². The summed E-state index contributed by atoms with van der Waals surface area (Å²) in [6.45, 7) is -0.0884. The molecule has 1 heteroatoms. The predicted octanol–water partition coefficient (Wildman–Crippen LogP) is 0.831. The Morgan fingerprint density at radius 3 is 3.10 bits per heavy atom. The molecule has 0 spiro atoms. The minimum absolute atomic E-state index is 0.0884. The van der Waals surface area contributed by atoms with Crippen LogP contribution in [0.1, 0.15) is 5.56 Å². The van der Waals surface area contributed by atoms with Crippen molar-refractivity contribution < 1.29 is 5.11 Å². The van der Waals surface area contributed by atoms with Gasteiger partial charge in [-0.05, 0) is 18.2 Å². The van der Waals surface area contributed by atoms with Gasteiger partial charge in [-0.2, -0.15) is 0 Å². The molecular formula is C9H7O. The molecule has 1 rings (SSSR count). The first kappa shape index (κ1) is 6.85. The van der Waals surface area contributed by atoms with Crippen molar-refractivity contribution in [3.05, 3.63) is 35.9 Å². The van der Waals surface area contributed by atoms with Crippen molar-refractivity contribution in [2.24, 2.45) is 0 Å². The molecule has 0 fully saturated rings. The molecule has 0 saturated heterocycles. The first-order valence-corrected chi connectivity index (χ1v) is 2.99. The Kier molecular flexibility index (Phi) is 2.54. The van der Waals surface area contributed by atoms with Crippen LogP contribution in [0, 0.1) is 17.9 Å². The Morgan fingerprint density at radius 2 is 2.50 bits per heavy atom. The molecule has 49 valence electrons. The largest absolute Gasteiger partial charge is 0.384 e. The van der Waals surface area contributed by atoms with E-state index in [4.69, 9.17) is 5.11 Å². The smallest absolute Gasteiger partial charge is 0.104 e. The summed E-state index contributed by atoms with van der Waals surface area (Å²) in [5.74, 6) is 5.31. The van der Waals surface area contributed by atoms with Gasteiger partial charge in [-0.25, -0.2) is 0 Å². The standard InChI is InChI=1S/C9H7O/c10-8-4-7-9-5-2-1-3-6-9/h1-2,5-6,10H,8H2. The molecule has 1 nitrogen and oxygen atoms in total. The van der Waals surface area contributed by atoms with Crippen LogP contribution in [0.15, 0.2) is 24.3 Å². The van der Waals surface area contributed by atoms with E-state index in [1.807, 2.05) is 18.2 Å². The van der Waals surface area contributed by atoms with Crippen LogP contribution in [0.3, 0.4) is 0 Å². The molecule has 0 saturated carbocycles. The first-order chi connectivity index (χ1) is 4.93. The van der Waals surface area contributed by atoms with E-state index < -0.39 is 0 Å². The SMILES string of the molecule is OCC#Cc1c[c]ccc1. The third kappa shape index (κ3) is 1.93. The lowest BCUT2D eigenvalue weighted by atomic mass is 10.2. The van der Waals surface area contributed by atoms with Crippen molar-refractivity contribution in [3.63, 3.8) is 0 Å². The third-order valence-corrected chi connectivity index (χ3v) is 1.02. The van der Waals surface area contributed by atoms with Crippen LogP contribution in [0.2, 0.25) is 0 Å². The average Bonchev–Trinajstić information content (AvgIpc) is 2.03. The number of aliphatic hydroxyl groups is 1.